The van der Waals surface area contributed by atoms with Gasteiger partial charge in [0.25, 0.3) is 0 Å². The second kappa shape index (κ2) is 5.59. The van der Waals surface area contributed by atoms with E-state index in [1.54, 1.807) is 14.0 Å². The Balaban J connectivity index is 0.000000671. The van der Waals surface area contributed by atoms with Crippen LogP contribution in [0, 0.1) is 6.92 Å². The number of nitrogens with zero attached hydrogens (tertiary/aromatic N) is 2. The lowest BCUT2D eigenvalue weighted by Gasteiger charge is -1.91. The fraction of sp³-hybridized carbons (Fsp3) is 0.500. The van der Waals surface area contributed by atoms with Gasteiger partial charge < -0.3 is 0 Å². The number of hydrogen-bond acceptors (Lipinski definition) is 2. The van der Waals surface area contributed by atoms with Crippen molar-refractivity contribution in [3.63, 3.8) is 0 Å². The van der Waals surface area contributed by atoms with E-state index in [1.165, 1.54) is 11.6 Å². The van der Waals surface area contributed by atoms with Crippen molar-refractivity contribution >= 4 is 40.0 Å². The van der Waals surface area contributed by atoms with E-state index in [4.69, 9.17) is 11.6 Å². The summed E-state index contributed by atoms with van der Waals surface area (Å²) in [4.78, 5) is 12.9. The highest BCUT2D eigenvalue weighted by molar-refractivity contribution is 14.1. The van der Waals surface area contributed by atoms with Crippen molar-refractivity contribution in [1.82, 2.24) is 9.78 Å². The zero-order valence-corrected chi connectivity index (χ0v) is 11.0. The van der Waals surface area contributed by atoms with Gasteiger partial charge in [0, 0.05) is 7.05 Å². The van der Waals surface area contributed by atoms with E-state index >= 15 is 0 Å². The van der Waals surface area contributed by atoms with Gasteiger partial charge in [-0.05, 0) is 18.8 Å². The minimum atomic E-state index is -0.0411. The average Bonchev–Trinajstić information content (AvgIpc) is 2.30. The number of carbonyl (C=O) groups is 1. The maximum atomic E-state index is 11.0. The van der Waals surface area contributed by atoms with E-state index < -0.39 is 0 Å². The Labute approximate surface area is 96.6 Å². The van der Waals surface area contributed by atoms with Gasteiger partial charge in [0.15, 0.2) is 5.78 Å². The smallest absolute Gasteiger partial charge is 0.164 e. The fourth-order valence-electron chi connectivity index (χ4n) is 1.03. The summed E-state index contributed by atoms with van der Waals surface area (Å²) < 4.78 is 1.49. The molecular formula is C8H12ClIN2O. The number of ketones is 1. The van der Waals surface area contributed by atoms with Gasteiger partial charge in [-0.25, -0.2) is 0 Å². The molecule has 0 aromatic carbocycles. The van der Waals surface area contributed by atoms with E-state index in [1.807, 2.05) is 4.93 Å². The van der Waals surface area contributed by atoms with Crippen molar-refractivity contribution in [2.75, 3.05) is 4.93 Å². The molecule has 0 unspecified atom stereocenters. The molecular weight excluding hydrogens is 302 g/mol. The summed E-state index contributed by atoms with van der Waals surface area (Å²) >= 11 is 7.94. The molecule has 13 heavy (non-hydrogen) atoms. The third kappa shape index (κ3) is 2.95. The molecule has 5 heteroatoms. The molecule has 1 aromatic heterocycles. The Morgan fingerprint density at radius 1 is 1.54 bits per heavy atom. The number of aryl methyl sites for hydroxylation is 2. The highest BCUT2D eigenvalue weighted by atomic mass is 127. The van der Waals surface area contributed by atoms with Crippen LogP contribution >= 0.6 is 34.2 Å². The van der Waals surface area contributed by atoms with Crippen LogP contribution in [0.5, 0.6) is 0 Å². The normalized spacial score (nSPS) is 9.08. The monoisotopic (exact) mass is 314 g/mol. The number of alkyl halides is 1. The number of rotatable bonds is 1. The van der Waals surface area contributed by atoms with Gasteiger partial charge in [0.2, 0.25) is 0 Å². The van der Waals surface area contributed by atoms with Crippen molar-refractivity contribution in [3.8, 4) is 0 Å². The second-order valence-corrected chi connectivity index (χ2v) is 2.79. The largest absolute Gasteiger partial charge is 0.294 e. The van der Waals surface area contributed by atoms with E-state index in [0.717, 1.165) is 0 Å². The van der Waals surface area contributed by atoms with Crippen LogP contribution in [-0.4, -0.2) is 20.5 Å². The Morgan fingerprint density at radius 2 is 2.00 bits per heavy atom. The molecule has 0 atom stereocenters. The number of halogens is 2. The molecule has 0 bridgehead atoms. The molecule has 74 valence electrons. The lowest BCUT2D eigenvalue weighted by Crippen LogP contribution is -1.93. The molecule has 1 heterocycles. The summed E-state index contributed by atoms with van der Waals surface area (Å²) in [5.74, 6) is -0.0411. The van der Waals surface area contributed by atoms with Crippen molar-refractivity contribution in [2.45, 2.75) is 13.8 Å². The van der Waals surface area contributed by atoms with E-state index in [0.29, 0.717) is 16.4 Å². The second-order valence-electron chi connectivity index (χ2n) is 2.43. The minimum absolute atomic E-state index is 0.0411. The lowest BCUT2D eigenvalue weighted by atomic mass is 10.2. The van der Waals surface area contributed by atoms with E-state index in [2.05, 4.69) is 27.7 Å². The highest BCUT2D eigenvalue weighted by Crippen LogP contribution is 2.18. The average molecular weight is 315 g/mol. The van der Waals surface area contributed by atoms with Gasteiger partial charge in [-0.2, -0.15) is 5.10 Å². The first kappa shape index (κ1) is 12.9. The summed E-state index contributed by atoms with van der Waals surface area (Å²) in [5.41, 5.74) is 1.21. The first-order valence-electron chi connectivity index (χ1n) is 3.62. The third-order valence-corrected chi connectivity index (χ3v) is 1.94. The Bertz CT molecular complexity index is 309. The Kier molecular flexibility index (Phi) is 5.55. The van der Waals surface area contributed by atoms with Crippen molar-refractivity contribution in [2.24, 2.45) is 7.05 Å². The zero-order valence-electron chi connectivity index (χ0n) is 8.06. The number of aromatic nitrogens is 2. The molecule has 3 nitrogen and oxygen atoms in total. The van der Waals surface area contributed by atoms with Crippen LogP contribution in [-0.2, 0) is 7.05 Å². The lowest BCUT2D eigenvalue weighted by molar-refractivity contribution is 0.101. The Hall–Kier alpha value is -0.100. The Morgan fingerprint density at radius 3 is 2.15 bits per heavy atom. The summed E-state index contributed by atoms with van der Waals surface area (Å²) in [7, 11) is 1.71. The van der Waals surface area contributed by atoms with Crippen LogP contribution in [0.15, 0.2) is 0 Å². The van der Waals surface area contributed by atoms with Crippen LogP contribution < -0.4 is 0 Å². The predicted octanol–water partition coefficient (Wildman–Crippen LogP) is 2.64. The minimum Gasteiger partial charge on any atom is -0.294 e. The molecule has 0 spiro atoms. The van der Waals surface area contributed by atoms with Crippen LogP contribution in [0.1, 0.15) is 23.0 Å². The quantitative estimate of drug-likeness (QED) is 0.454. The topological polar surface area (TPSA) is 34.9 Å². The van der Waals surface area contributed by atoms with Crippen LogP contribution in [0.4, 0.5) is 0 Å². The van der Waals surface area contributed by atoms with Crippen molar-refractivity contribution in [1.29, 1.82) is 0 Å². The van der Waals surface area contributed by atoms with Crippen LogP contribution in [0.25, 0.3) is 0 Å². The molecule has 1 rings (SSSR count). The zero-order chi connectivity index (χ0) is 10.6. The van der Waals surface area contributed by atoms with Gasteiger partial charge in [0.1, 0.15) is 5.15 Å². The maximum Gasteiger partial charge on any atom is 0.164 e. The molecule has 0 aliphatic carbocycles. The molecule has 0 amide bonds. The molecule has 0 N–H and O–H groups in total. The maximum absolute atomic E-state index is 11.0. The number of Topliss-reactive ketones (excluding diaryl/α,β-unsaturated/α-hetero) is 1. The van der Waals surface area contributed by atoms with E-state index in [-0.39, 0.29) is 5.78 Å². The fourth-order valence-corrected chi connectivity index (χ4v) is 1.34. The first-order chi connectivity index (χ1) is 6.04. The SMILES string of the molecule is CC(=O)c1c(C)nn(C)c1Cl.CI. The predicted molar refractivity (Wildman–Crippen MR) is 62.9 cm³/mol. The molecule has 0 aliphatic heterocycles. The molecule has 1 aromatic rings. The summed E-state index contributed by atoms with van der Waals surface area (Å²) in [6, 6.07) is 0. The summed E-state index contributed by atoms with van der Waals surface area (Å²) in [6.07, 6.45) is 0. The van der Waals surface area contributed by atoms with Crippen LogP contribution in [0.2, 0.25) is 5.15 Å². The highest BCUT2D eigenvalue weighted by Gasteiger charge is 2.14. The van der Waals surface area contributed by atoms with Crippen LogP contribution in [0.3, 0.4) is 0 Å². The molecule has 0 aliphatic rings. The van der Waals surface area contributed by atoms with E-state index in [9.17, 15) is 4.79 Å². The van der Waals surface area contributed by atoms with Gasteiger partial charge in [0.05, 0.1) is 11.3 Å². The van der Waals surface area contributed by atoms with Crippen molar-refractivity contribution in [3.05, 3.63) is 16.4 Å². The molecule has 0 radical (unpaired) electrons. The number of hydrogen-bond donors (Lipinski definition) is 0. The summed E-state index contributed by atoms with van der Waals surface area (Å²) in [6.45, 7) is 3.25. The van der Waals surface area contributed by atoms with Crippen molar-refractivity contribution < 1.29 is 4.79 Å². The molecule has 0 saturated carbocycles. The number of carbonyl (C=O) groups excluding carboxylic acids is 1. The first-order valence-corrected chi connectivity index (χ1v) is 6.15. The molecule has 0 fully saturated rings. The standard InChI is InChI=1S/C7H9ClN2O.CH3I/c1-4-6(5(2)11)7(8)10(3)9-4;1-2/h1-3H3;1H3. The van der Waals surface area contributed by atoms with Gasteiger partial charge in [-0.1, -0.05) is 34.2 Å². The third-order valence-electron chi connectivity index (χ3n) is 1.50. The van der Waals surface area contributed by atoms with Gasteiger partial charge in [-0.15, -0.1) is 0 Å². The van der Waals surface area contributed by atoms with Gasteiger partial charge in [-0.3, -0.25) is 9.48 Å². The molecule has 0 saturated heterocycles. The van der Waals surface area contributed by atoms with Gasteiger partial charge >= 0.3 is 0 Å². The summed E-state index contributed by atoms with van der Waals surface area (Å²) in [5, 5.41) is 4.41.